The highest BCUT2D eigenvalue weighted by atomic mass is 16.2. The lowest BCUT2D eigenvalue weighted by Crippen LogP contribution is -2.55. The van der Waals surface area contributed by atoms with Crippen molar-refractivity contribution in [2.75, 3.05) is 37.6 Å². The molecule has 2 fully saturated rings. The van der Waals surface area contributed by atoms with Gasteiger partial charge >= 0.3 is 6.03 Å². The number of rotatable bonds is 5. The van der Waals surface area contributed by atoms with Crippen molar-refractivity contribution in [1.82, 2.24) is 15.5 Å². The topological polar surface area (TPSA) is 64.7 Å². The average molecular weight is 383 g/mol. The van der Waals surface area contributed by atoms with Crippen LogP contribution in [0, 0.1) is 17.8 Å². The summed E-state index contributed by atoms with van der Waals surface area (Å²) in [4.78, 5) is 29.0. The van der Waals surface area contributed by atoms with Gasteiger partial charge in [0, 0.05) is 38.4 Å². The first-order valence-electron chi connectivity index (χ1n) is 10.4. The van der Waals surface area contributed by atoms with Crippen LogP contribution < -0.4 is 15.5 Å². The van der Waals surface area contributed by atoms with Crippen molar-refractivity contribution in [3.8, 4) is 0 Å². The second kappa shape index (κ2) is 8.25. The molecular formula is C22H30N4O2. The number of carbonyl (C=O) groups is 2. The second-order valence-corrected chi connectivity index (χ2v) is 8.27. The summed E-state index contributed by atoms with van der Waals surface area (Å²) in [6.45, 7) is 5.39. The Bertz CT molecular complexity index is 727. The smallest absolute Gasteiger partial charge is 0.318 e. The van der Waals surface area contributed by atoms with Crippen molar-refractivity contribution in [2.45, 2.75) is 25.8 Å². The number of para-hydroxylation sites is 1. The summed E-state index contributed by atoms with van der Waals surface area (Å²) in [5, 5.41) is 5.89. The number of nitrogens with zero attached hydrogens (tertiary/aromatic N) is 2. The van der Waals surface area contributed by atoms with Gasteiger partial charge < -0.3 is 20.4 Å². The Hall–Kier alpha value is -2.50. The molecule has 0 aromatic heterocycles. The lowest BCUT2D eigenvalue weighted by molar-refractivity contribution is -0.122. The van der Waals surface area contributed by atoms with E-state index in [0.29, 0.717) is 37.4 Å². The van der Waals surface area contributed by atoms with E-state index in [0.717, 1.165) is 13.1 Å². The highest BCUT2D eigenvalue weighted by Gasteiger charge is 2.35. The van der Waals surface area contributed by atoms with Crippen LogP contribution in [0.3, 0.4) is 0 Å². The van der Waals surface area contributed by atoms with Crippen LogP contribution in [-0.4, -0.2) is 55.6 Å². The van der Waals surface area contributed by atoms with Gasteiger partial charge in [-0.25, -0.2) is 4.79 Å². The third kappa shape index (κ3) is 4.16. The summed E-state index contributed by atoms with van der Waals surface area (Å²) in [7, 11) is 0. The molecule has 3 aliphatic rings. The normalized spacial score (nSPS) is 27.0. The highest BCUT2D eigenvalue weighted by molar-refractivity contribution is 5.86. The van der Waals surface area contributed by atoms with Crippen molar-refractivity contribution in [3.63, 3.8) is 0 Å². The highest BCUT2D eigenvalue weighted by Crippen LogP contribution is 2.42. The summed E-state index contributed by atoms with van der Waals surface area (Å²) in [5.41, 5.74) is 1.19. The molecule has 0 radical (unpaired) electrons. The molecule has 6 heteroatoms. The summed E-state index contributed by atoms with van der Waals surface area (Å²) < 4.78 is 0. The molecule has 4 rings (SSSR count). The fourth-order valence-corrected chi connectivity index (χ4v) is 4.66. The first-order valence-corrected chi connectivity index (χ1v) is 10.4. The van der Waals surface area contributed by atoms with E-state index < -0.39 is 6.04 Å². The van der Waals surface area contributed by atoms with Gasteiger partial charge in [-0.05, 0) is 49.7 Å². The minimum absolute atomic E-state index is 0.0944. The van der Waals surface area contributed by atoms with E-state index in [1.807, 2.05) is 18.2 Å². The summed E-state index contributed by atoms with van der Waals surface area (Å²) in [6.07, 6.45) is 7.02. The zero-order valence-electron chi connectivity index (χ0n) is 16.5. The number of hydrogen-bond donors (Lipinski definition) is 2. The van der Waals surface area contributed by atoms with Crippen molar-refractivity contribution in [1.29, 1.82) is 0 Å². The van der Waals surface area contributed by atoms with Crippen LogP contribution in [0.2, 0.25) is 0 Å². The standard InChI is InChI=1S/C22H30N4O2/c1-16(21(27)23-15-19-14-17-7-8-18(19)13-17)24-22(28)26-11-9-25(10-12-26)20-5-3-2-4-6-20/h2-8,16-19H,9-15H2,1H3,(H,23,27)(H,24,28)/t16-,17-,18-,19+/m0/s1. The zero-order valence-corrected chi connectivity index (χ0v) is 16.5. The molecule has 1 aromatic carbocycles. The SMILES string of the molecule is C[C@H](NC(=O)N1CCN(c2ccccc2)CC1)C(=O)NC[C@H]1C[C@H]2C=C[C@H]1C2. The van der Waals surface area contributed by atoms with Crippen molar-refractivity contribution in [3.05, 3.63) is 42.5 Å². The second-order valence-electron chi connectivity index (χ2n) is 8.27. The first-order chi connectivity index (χ1) is 13.6. The molecule has 1 saturated carbocycles. The van der Waals surface area contributed by atoms with E-state index in [4.69, 9.17) is 0 Å². The van der Waals surface area contributed by atoms with Crippen LogP contribution in [0.5, 0.6) is 0 Å². The van der Waals surface area contributed by atoms with Crippen LogP contribution in [0.25, 0.3) is 0 Å². The van der Waals surface area contributed by atoms with Gasteiger partial charge in [0.2, 0.25) is 5.91 Å². The van der Waals surface area contributed by atoms with Gasteiger partial charge in [0.25, 0.3) is 0 Å². The van der Waals surface area contributed by atoms with E-state index in [1.165, 1.54) is 18.5 Å². The van der Waals surface area contributed by atoms with Crippen LogP contribution in [0.1, 0.15) is 19.8 Å². The molecule has 3 amide bonds. The van der Waals surface area contributed by atoms with Gasteiger partial charge in [0.15, 0.2) is 0 Å². The molecule has 0 unspecified atom stereocenters. The Morgan fingerprint density at radius 2 is 1.82 bits per heavy atom. The fourth-order valence-electron chi connectivity index (χ4n) is 4.66. The minimum atomic E-state index is -0.520. The average Bonchev–Trinajstić information content (AvgIpc) is 3.36. The Morgan fingerprint density at radius 3 is 2.46 bits per heavy atom. The van der Waals surface area contributed by atoms with Crippen molar-refractivity contribution in [2.24, 2.45) is 17.8 Å². The predicted octanol–water partition coefficient (Wildman–Crippen LogP) is 2.24. The van der Waals surface area contributed by atoms with Crippen LogP contribution in [0.15, 0.2) is 42.5 Å². The maximum Gasteiger partial charge on any atom is 0.318 e. The number of nitrogens with one attached hydrogen (secondary N) is 2. The number of urea groups is 1. The zero-order chi connectivity index (χ0) is 19.5. The number of carbonyl (C=O) groups excluding carboxylic acids is 2. The van der Waals surface area contributed by atoms with Crippen LogP contribution >= 0.6 is 0 Å². The summed E-state index contributed by atoms with van der Waals surface area (Å²) >= 11 is 0. The van der Waals surface area contributed by atoms with Gasteiger partial charge in [-0.3, -0.25) is 4.79 Å². The van der Waals surface area contributed by atoms with E-state index >= 15 is 0 Å². The first kappa shape index (κ1) is 18.8. The molecule has 1 saturated heterocycles. The molecule has 4 atom stereocenters. The molecule has 28 heavy (non-hydrogen) atoms. The summed E-state index contributed by atoms with van der Waals surface area (Å²) in [6, 6.07) is 9.58. The van der Waals surface area contributed by atoms with Gasteiger partial charge in [0.05, 0.1) is 0 Å². The molecular weight excluding hydrogens is 352 g/mol. The van der Waals surface area contributed by atoms with Gasteiger partial charge in [-0.2, -0.15) is 0 Å². The lowest BCUT2D eigenvalue weighted by Gasteiger charge is -2.36. The molecule has 150 valence electrons. The maximum atomic E-state index is 12.5. The Morgan fingerprint density at radius 1 is 1.07 bits per heavy atom. The summed E-state index contributed by atoms with van der Waals surface area (Å²) in [5.74, 6) is 1.78. The monoisotopic (exact) mass is 382 g/mol. The number of amides is 3. The van der Waals surface area contributed by atoms with E-state index in [2.05, 4.69) is 39.8 Å². The van der Waals surface area contributed by atoms with Gasteiger partial charge in [-0.15, -0.1) is 0 Å². The molecule has 2 bridgehead atoms. The van der Waals surface area contributed by atoms with E-state index in [-0.39, 0.29) is 11.9 Å². The van der Waals surface area contributed by atoms with Crippen molar-refractivity contribution >= 4 is 17.6 Å². The molecule has 6 nitrogen and oxygen atoms in total. The van der Waals surface area contributed by atoms with Gasteiger partial charge in [-0.1, -0.05) is 30.4 Å². The minimum Gasteiger partial charge on any atom is -0.368 e. The van der Waals surface area contributed by atoms with E-state index in [1.54, 1.807) is 11.8 Å². The van der Waals surface area contributed by atoms with E-state index in [9.17, 15) is 9.59 Å². The molecule has 2 N–H and O–H groups in total. The Balaban J connectivity index is 1.19. The van der Waals surface area contributed by atoms with Crippen LogP contribution in [-0.2, 0) is 4.79 Å². The number of hydrogen-bond acceptors (Lipinski definition) is 3. The number of piperazine rings is 1. The molecule has 1 aromatic rings. The Kier molecular flexibility index (Phi) is 5.55. The lowest BCUT2D eigenvalue weighted by atomic mass is 9.93. The molecule has 2 aliphatic carbocycles. The molecule has 1 aliphatic heterocycles. The number of anilines is 1. The number of allylic oxidation sites excluding steroid dienone is 2. The Labute approximate surface area is 167 Å². The molecule has 1 heterocycles. The fraction of sp³-hybridized carbons (Fsp3) is 0.545. The van der Waals surface area contributed by atoms with Crippen molar-refractivity contribution < 1.29 is 9.59 Å². The number of fused-ring (bicyclic) bond motifs is 2. The van der Waals surface area contributed by atoms with Crippen LogP contribution in [0.4, 0.5) is 10.5 Å². The largest absolute Gasteiger partial charge is 0.368 e. The van der Waals surface area contributed by atoms with Gasteiger partial charge in [0.1, 0.15) is 6.04 Å². The number of benzene rings is 1. The third-order valence-electron chi connectivity index (χ3n) is 6.38. The molecule has 0 spiro atoms. The maximum absolute atomic E-state index is 12.5. The predicted molar refractivity (Wildman–Crippen MR) is 110 cm³/mol. The third-order valence-corrected chi connectivity index (χ3v) is 6.38. The quantitative estimate of drug-likeness (QED) is 0.768.